The van der Waals surface area contributed by atoms with Crippen LogP contribution in [0.5, 0.6) is 0 Å². The fraction of sp³-hybridized carbons (Fsp3) is 0.556. The smallest absolute Gasteiger partial charge is 0.154 e. The number of nitrogens with zero attached hydrogens (tertiary/aromatic N) is 2. The molecule has 1 rings (SSSR count). The van der Waals surface area contributed by atoms with Crippen molar-refractivity contribution in [1.29, 1.82) is 0 Å². The SMILES string of the molecule is CCCC(=O)Cn1ncc(Cl)c1C. The highest BCUT2D eigenvalue weighted by Gasteiger charge is 2.07. The first-order valence-corrected chi connectivity index (χ1v) is 4.72. The van der Waals surface area contributed by atoms with E-state index in [0.717, 1.165) is 12.1 Å². The Hall–Kier alpha value is -0.830. The van der Waals surface area contributed by atoms with Gasteiger partial charge in [-0.2, -0.15) is 5.10 Å². The molecule has 0 unspecified atom stereocenters. The third-order valence-electron chi connectivity index (χ3n) is 1.90. The standard InChI is InChI=1S/C9H13ClN2O/c1-3-4-8(13)6-12-7(2)9(10)5-11-12/h5H,3-4,6H2,1-2H3. The van der Waals surface area contributed by atoms with E-state index < -0.39 is 0 Å². The molecule has 1 heterocycles. The van der Waals surface area contributed by atoms with Crippen LogP contribution >= 0.6 is 11.6 Å². The van der Waals surface area contributed by atoms with Crippen molar-refractivity contribution < 1.29 is 4.79 Å². The number of carbonyl (C=O) groups is 1. The normalized spacial score (nSPS) is 10.4. The summed E-state index contributed by atoms with van der Waals surface area (Å²) in [6.45, 7) is 4.18. The molecule has 1 aromatic heterocycles. The van der Waals surface area contributed by atoms with Crippen molar-refractivity contribution in [2.75, 3.05) is 0 Å². The molecule has 0 aliphatic heterocycles. The lowest BCUT2D eigenvalue weighted by atomic mass is 10.2. The highest BCUT2D eigenvalue weighted by molar-refractivity contribution is 6.31. The molecule has 0 atom stereocenters. The number of Topliss-reactive ketones (excluding diaryl/α,β-unsaturated/α-hetero) is 1. The minimum atomic E-state index is 0.199. The molecule has 0 saturated carbocycles. The van der Waals surface area contributed by atoms with E-state index in [1.165, 1.54) is 0 Å². The van der Waals surface area contributed by atoms with E-state index in [0.29, 0.717) is 18.0 Å². The first-order chi connectivity index (χ1) is 6.15. The second-order valence-corrected chi connectivity index (χ2v) is 3.43. The molecule has 1 aromatic rings. The lowest BCUT2D eigenvalue weighted by Crippen LogP contribution is -2.11. The molecule has 0 N–H and O–H groups in total. The second-order valence-electron chi connectivity index (χ2n) is 3.02. The predicted molar refractivity (Wildman–Crippen MR) is 51.9 cm³/mol. The van der Waals surface area contributed by atoms with Crippen molar-refractivity contribution in [3.63, 3.8) is 0 Å². The van der Waals surface area contributed by atoms with Crippen LogP contribution in [0.2, 0.25) is 5.02 Å². The summed E-state index contributed by atoms with van der Waals surface area (Å²) in [5, 5.41) is 4.62. The van der Waals surface area contributed by atoms with Crippen molar-refractivity contribution >= 4 is 17.4 Å². The van der Waals surface area contributed by atoms with Gasteiger partial charge in [0.25, 0.3) is 0 Å². The van der Waals surface area contributed by atoms with Crippen molar-refractivity contribution in [2.45, 2.75) is 33.2 Å². The highest BCUT2D eigenvalue weighted by atomic mass is 35.5. The maximum Gasteiger partial charge on any atom is 0.154 e. The van der Waals surface area contributed by atoms with E-state index in [1.54, 1.807) is 10.9 Å². The van der Waals surface area contributed by atoms with E-state index in [9.17, 15) is 4.79 Å². The number of rotatable bonds is 4. The Morgan fingerprint density at radius 3 is 2.85 bits per heavy atom. The Balaban J connectivity index is 2.64. The first kappa shape index (κ1) is 10.3. The summed E-state index contributed by atoms with van der Waals surface area (Å²) in [6.07, 6.45) is 3.06. The van der Waals surface area contributed by atoms with Gasteiger partial charge in [0.15, 0.2) is 5.78 Å². The van der Waals surface area contributed by atoms with Crippen LogP contribution in [-0.2, 0) is 11.3 Å². The number of hydrogen-bond acceptors (Lipinski definition) is 2. The van der Waals surface area contributed by atoms with Crippen molar-refractivity contribution in [1.82, 2.24) is 9.78 Å². The number of hydrogen-bond donors (Lipinski definition) is 0. The van der Waals surface area contributed by atoms with Crippen LogP contribution in [-0.4, -0.2) is 15.6 Å². The van der Waals surface area contributed by atoms with Gasteiger partial charge in [-0.05, 0) is 13.3 Å². The monoisotopic (exact) mass is 200 g/mol. The lowest BCUT2D eigenvalue weighted by molar-refractivity contribution is -0.119. The Morgan fingerprint density at radius 1 is 1.69 bits per heavy atom. The number of carbonyl (C=O) groups excluding carboxylic acids is 1. The molecule has 4 heteroatoms. The molecule has 0 bridgehead atoms. The zero-order valence-corrected chi connectivity index (χ0v) is 8.64. The van der Waals surface area contributed by atoms with Gasteiger partial charge in [0.05, 0.1) is 23.5 Å². The maximum absolute atomic E-state index is 11.3. The highest BCUT2D eigenvalue weighted by Crippen LogP contribution is 2.13. The van der Waals surface area contributed by atoms with E-state index in [4.69, 9.17) is 11.6 Å². The number of ketones is 1. The van der Waals surface area contributed by atoms with Gasteiger partial charge in [-0.25, -0.2) is 0 Å². The summed E-state index contributed by atoms with van der Waals surface area (Å²) < 4.78 is 1.64. The maximum atomic E-state index is 11.3. The minimum absolute atomic E-state index is 0.199. The quantitative estimate of drug-likeness (QED) is 0.747. The van der Waals surface area contributed by atoms with Crippen molar-refractivity contribution in [3.05, 3.63) is 16.9 Å². The Bertz CT molecular complexity index is 307. The van der Waals surface area contributed by atoms with Crippen LogP contribution in [0.4, 0.5) is 0 Å². The summed E-state index contributed by atoms with van der Waals surface area (Å²) in [5.74, 6) is 0.199. The summed E-state index contributed by atoms with van der Waals surface area (Å²) in [6, 6.07) is 0. The molecular weight excluding hydrogens is 188 g/mol. The molecule has 3 nitrogen and oxygen atoms in total. The fourth-order valence-corrected chi connectivity index (χ4v) is 1.25. The van der Waals surface area contributed by atoms with E-state index in [2.05, 4.69) is 5.10 Å². The molecule has 13 heavy (non-hydrogen) atoms. The fourth-order valence-electron chi connectivity index (χ4n) is 1.11. The van der Waals surface area contributed by atoms with E-state index in [-0.39, 0.29) is 5.78 Å². The minimum Gasteiger partial charge on any atom is -0.298 e. The van der Waals surface area contributed by atoms with Crippen molar-refractivity contribution in [2.24, 2.45) is 0 Å². The number of aromatic nitrogens is 2. The molecule has 0 fully saturated rings. The van der Waals surface area contributed by atoms with Gasteiger partial charge in [-0.3, -0.25) is 9.48 Å². The van der Waals surface area contributed by atoms with Gasteiger partial charge in [-0.15, -0.1) is 0 Å². The topological polar surface area (TPSA) is 34.9 Å². The molecule has 0 spiro atoms. The molecule has 72 valence electrons. The van der Waals surface area contributed by atoms with Crippen LogP contribution < -0.4 is 0 Å². The van der Waals surface area contributed by atoms with Gasteiger partial charge in [-0.1, -0.05) is 18.5 Å². The Morgan fingerprint density at radius 2 is 2.38 bits per heavy atom. The predicted octanol–water partition coefficient (Wildman–Crippen LogP) is 2.21. The van der Waals surface area contributed by atoms with Gasteiger partial charge in [0.2, 0.25) is 0 Å². The van der Waals surface area contributed by atoms with Gasteiger partial charge in [0.1, 0.15) is 0 Å². The third-order valence-corrected chi connectivity index (χ3v) is 2.27. The molecule has 0 amide bonds. The summed E-state index contributed by atoms with van der Waals surface area (Å²) >= 11 is 5.80. The molecule has 0 aromatic carbocycles. The largest absolute Gasteiger partial charge is 0.298 e. The Labute approximate surface area is 82.7 Å². The zero-order valence-electron chi connectivity index (χ0n) is 7.88. The van der Waals surface area contributed by atoms with Crippen LogP contribution in [0.1, 0.15) is 25.5 Å². The molecule has 0 aliphatic rings. The molecule has 0 radical (unpaired) electrons. The van der Waals surface area contributed by atoms with Crippen molar-refractivity contribution in [3.8, 4) is 0 Å². The Kier molecular flexibility index (Phi) is 3.48. The third kappa shape index (κ3) is 2.56. The van der Waals surface area contributed by atoms with Gasteiger partial charge < -0.3 is 0 Å². The van der Waals surface area contributed by atoms with Gasteiger partial charge in [0, 0.05) is 6.42 Å². The molecule has 0 saturated heterocycles. The summed E-state index contributed by atoms with van der Waals surface area (Å²) in [4.78, 5) is 11.3. The summed E-state index contributed by atoms with van der Waals surface area (Å²) in [5.41, 5.74) is 0.853. The van der Waals surface area contributed by atoms with Gasteiger partial charge >= 0.3 is 0 Å². The first-order valence-electron chi connectivity index (χ1n) is 4.34. The number of halogens is 1. The van der Waals surface area contributed by atoms with Crippen LogP contribution in [0.25, 0.3) is 0 Å². The van der Waals surface area contributed by atoms with E-state index in [1.807, 2.05) is 13.8 Å². The second kappa shape index (κ2) is 4.42. The van der Waals surface area contributed by atoms with Crippen LogP contribution in [0.3, 0.4) is 0 Å². The van der Waals surface area contributed by atoms with E-state index >= 15 is 0 Å². The van der Waals surface area contributed by atoms with Crippen LogP contribution in [0.15, 0.2) is 6.20 Å². The lowest BCUT2D eigenvalue weighted by Gasteiger charge is -2.02. The van der Waals surface area contributed by atoms with Crippen LogP contribution in [0, 0.1) is 6.92 Å². The summed E-state index contributed by atoms with van der Waals surface area (Å²) in [7, 11) is 0. The average molecular weight is 201 g/mol. The molecule has 0 aliphatic carbocycles. The molecular formula is C9H13ClN2O. The average Bonchev–Trinajstić information content (AvgIpc) is 2.37. The zero-order chi connectivity index (χ0) is 9.84.